The molecule has 0 saturated heterocycles. The number of anilines is 1. The Hall–Kier alpha value is -4.12. The number of nitrogens with one attached hydrogen (secondary N) is 1. The van der Waals surface area contributed by atoms with E-state index in [1.54, 1.807) is 49.6 Å². The van der Waals surface area contributed by atoms with Gasteiger partial charge in [0.1, 0.15) is 5.69 Å². The van der Waals surface area contributed by atoms with Crippen molar-refractivity contribution in [2.45, 2.75) is 38.3 Å². The maximum Gasteiger partial charge on any atom is 0.255 e. The second kappa shape index (κ2) is 9.57. The molecule has 1 aliphatic rings. The van der Waals surface area contributed by atoms with E-state index in [1.165, 1.54) is 10.6 Å². The number of hydrogen-bond donors (Lipinski definition) is 3. The molecule has 4 rings (SSSR count). The monoisotopic (exact) mass is 447 g/mol. The lowest BCUT2D eigenvalue weighted by Gasteiger charge is -2.16. The summed E-state index contributed by atoms with van der Waals surface area (Å²) in [5.74, 6) is 0.0703. The molecule has 0 bridgehead atoms. The molecule has 1 aliphatic carbocycles. The van der Waals surface area contributed by atoms with Crippen LogP contribution in [0, 0.1) is 11.3 Å². The summed E-state index contributed by atoms with van der Waals surface area (Å²) in [6.45, 7) is 0.130. The van der Waals surface area contributed by atoms with Crippen molar-refractivity contribution in [2.24, 2.45) is 0 Å². The highest BCUT2D eigenvalue weighted by atomic mass is 16.5. The minimum atomic E-state index is -0.465. The van der Waals surface area contributed by atoms with Gasteiger partial charge in [-0.05, 0) is 61.6 Å². The number of nitriles is 1. The second-order valence-corrected chi connectivity index (χ2v) is 7.98. The lowest BCUT2D eigenvalue weighted by molar-refractivity contribution is 0.102. The molecule has 3 N–H and O–H groups in total. The molecule has 33 heavy (non-hydrogen) atoms. The van der Waals surface area contributed by atoms with Crippen LogP contribution in [0.4, 0.5) is 5.69 Å². The number of hydrogen-bond acceptors (Lipinski definition) is 6. The van der Waals surface area contributed by atoms with Crippen molar-refractivity contribution in [3.05, 3.63) is 65.2 Å². The van der Waals surface area contributed by atoms with Gasteiger partial charge in [-0.1, -0.05) is 12.1 Å². The predicted octanol–water partition coefficient (Wildman–Crippen LogP) is 4.40. The van der Waals surface area contributed by atoms with Gasteiger partial charge in [0.15, 0.2) is 17.4 Å². The van der Waals surface area contributed by atoms with Gasteiger partial charge in [-0.2, -0.15) is 5.26 Å². The van der Waals surface area contributed by atoms with E-state index in [1.807, 2.05) is 0 Å². The van der Waals surface area contributed by atoms with Crippen molar-refractivity contribution in [3.63, 3.8) is 0 Å². The van der Waals surface area contributed by atoms with Gasteiger partial charge in [0.2, 0.25) is 5.88 Å². The first-order valence-corrected chi connectivity index (χ1v) is 10.7. The van der Waals surface area contributed by atoms with E-state index in [9.17, 15) is 15.0 Å². The van der Waals surface area contributed by atoms with Crippen LogP contribution in [0.25, 0.3) is 0 Å². The zero-order valence-corrected chi connectivity index (χ0v) is 18.2. The van der Waals surface area contributed by atoms with Gasteiger partial charge in [-0.3, -0.25) is 9.36 Å². The van der Waals surface area contributed by atoms with Crippen LogP contribution in [-0.2, 0) is 6.54 Å². The molecular weight excluding hydrogens is 422 g/mol. The molecule has 1 fully saturated rings. The minimum absolute atomic E-state index is 0.0722. The summed E-state index contributed by atoms with van der Waals surface area (Å²) in [7, 11) is 1.55. The highest BCUT2D eigenvalue weighted by Crippen LogP contribution is 2.35. The number of benzene rings is 2. The molecule has 8 heteroatoms. The average Bonchev–Trinajstić information content (AvgIpc) is 3.43. The van der Waals surface area contributed by atoms with Crippen LogP contribution in [0.5, 0.6) is 23.3 Å². The third-order valence-electron chi connectivity index (χ3n) is 5.71. The first-order chi connectivity index (χ1) is 16.0. The first-order valence-electron chi connectivity index (χ1n) is 10.7. The van der Waals surface area contributed by atoms with Crippen LogP contribution >= 0.6 is 0 Å². The van der Waals surface area contributed by atoms with E-state index in [2.05, 4.69) is 11.4 Å². The van der Waals surface area contributed by atoms with Crippen LogP contribution < -0.4 is 14.8 Å². The van der Waals surface area contributed by atoms with E-state index in [-0.39, 0.29) is 30.1 Å². The number of ether oxygens (including phenoxy) is 2. The van der Waals surface area contributed by atoms with E-state index in [0.29, 0.717) is 22.6 Å². The molecule has 1 aromatic heterocycles. The molecule has 1 amide bonds. The average molecular weight is 447 g/mol. The van der Waals surface area contributed by atoms with E-state index >= 15 is 0 Å². The summed E-state index contributed by atoms with van der Waals surface area (Å²) >= 11 is 0. The Morgan fingerprint density at radius 2 is 1.94 bits per heavy atom. The smallest absolute Gasteiger partial charge is 0.255 e. The zero-order chi connectivity index (χ0) is 23.4. The SMILES string of the molecule is COc1ccc(C(=O)Nc2cc(O)n(Cc3cccc(C#N)c3)c2O)cc1OC1CCCC1. The standard InChI is InChI=1S/C25H25N3O5/c1-32-21-10-9-18(12-22(21)33-19-7-2-3-8-19)24(30)27-20-13-23(29)28(25(20)31)15-17-6-4-5-16(11-17)14-26/h4-6,9-13,19,29,31H,2-3,7-8,15H2,1H3,(H,27,30). The highest BCUT2D eigenvalue weighted by molar-refractivity contribution is 6.05. The Bertz CT molecular complexity index is 1210. The highest BCUT2D eigenvalue weighted by Gasteiger charge is 2.21. The molecule has 0 aliphatic heterocycles. The van der Waals surface area contributed by atoms with Gasteiger partial charge in [-0.25, -0.2) is 0 Å². The van der Waals surface area contributed by atoms with E-state index in [4.69, 9.17) is 14.7 Å². The lowest BCUT2D eigenvalue weighted by Crippen LogP contribution is -2.14. The molecular formula is C25H25N3O5. The Labute approximate surface area is 191 Å². The van der Waals surface area contributed by atoms with Crippen molar-refractivity contribution >= 4 is 11.6 Å². The number of aromatic hydroxyl groups is 2. The molecule has 0 atom stereocenters. The van der Waals surface area contributed by atoms with E-state index in [0.717, 1.165) is 31.2 Å². The molecule has 0 spiro atoms. The Morgan fingerprint density at radius 1 is 1.15 bits per heavy atom. The number of amides is 1. The minimum Gasteiger partial charge on any atom is -0.494 e. The largest absolute Gasteiger partial charge is 0.494 e. The quantitative estimate of drug-likeness (QED) is 0.494. The number of nitrogens with zero attached hydrogens (tertiary/aromatic N) is 2. The molecule has 1 saturated carbocycles. The molecule has 3 aromatic rings. The van der Waals surface area contributed by atoms with Crippen LogP contribution in [-0.4, -0.2) is 33.9 Å². The Morgan fingerprint density at radius 3 is 2.67 bits per heavy atom. The Balaban J connectivity index is 1.52. The second-order valence-electron chi connectivity index (χ2n) is 7.98. The van der Waals surface area contributed by atoms with Crippen LogP contribution in [0.1, 0.15) is 47.2 Å². The normalized spacial score (nSPS) is 13.5. The number of rotatable bonds is 7. The van der Waals surface area contributed by atoms with Crippen LogP contribution in [0.15, 0.2) is 48.5 Å². The van der Waals surface area contributed by atoms with Crippen molar-refractivity contribution < 1.29 is 24.5 Å². The number of aromatic nitrogens is 1. The fraction of sp³-hybridized carbons (Fsp3) is 0.280. The van der Waals surface area contributed by atoms with Crippen molar-refractivity contribution in [3.8, 4) is 29.3 Å². The predicted molar refractivity (Wildman–Crippen MR) is 122 cm³/mol. The topological polar surface area (TPSA) is 117 Å². The molecule has 1 heterocycles. The van der Waals surface area contributed by atoms with E-state index < -0.39 is 5.91 Å². The fourth-order valence-electron chi connectivity index (χ4n) is 3.99. The Kier molecular flexibility index (Phi) is 6.41. The van der Waals surface area contributed by atoms with Gasteiger partial charge < -0.3 is 25.0 Å². The molecule has 0 unspecified atom stereocenters. The van der Waals surface area contributed by atoms with Gasteiger partial charge in [0, 0.05) is 11.6 Å². The summed E-state index contributed by atoms with van der Waals surface area (Å²) < 4.78 is 12.7. The molecule has 170 valence electrons. The van der Waals surface area contributed by atoms with Crippen molar-refractivity contribution in [1.29, 1.82) is 5.26 Å². The third-order valence-corrected chi connectivity index (χ3v) is 5.71. The van der Waals surface area contributed by atoms with Gasteiger partial charge in [0.25, 0.3) is 5.91 Å². The van der Waals surface area contributed by atoms with Crippen LogP contribution in [0.3, 0.4) is 0 Å². The van der Waals surface area contributed by atoms with Crippen molar-refractivity contribution in [1.82, 2.24) is 4.57 Å². The van der Waals surface area contributed by atoms with Gasteiger partial charge in [0.05, 0.1) is 31.4 Å². The van der Waals surface area contributed by atoms with Gasteiger partial charge in [-0.15, -0.1) is 0 Å². The molecule has 8 nitrogen and oxygen atoms in total. The lowest BCUT2D eigenvalue weighted by atomic mass is 10.1. The summed E-state index contributed by atoms with van der Waals surface area (Å²) in [5.41, 5.74) is 1.60. The third kappa shape index (κ3) is 4.88. The van der Waals surface area contributed by atoms with Crippen molar-refractivity contribution in [2.75, 3.05) is 12.4 Å². The summed E-state index contributed by atoms with van der Waals surface area (Å²) in [4.78, 5) is 12.9. The zero-order valence-electron chi connectivity index (χ0n) is 18.2. The van der Waals surface area contributed by atoms with Crippen LogP contribution in [0.2, 0.25) is 0 Å². The van der Waals surface area contributed by atoms with Gasteiger partial charge >= 0.3 is 0 Å². The summed E-state index contributed by atoms with van der Waals surface area (Å²) in [6, 6.07) is 15.1. The fourth-order valence-corrected chi connectivity index (χ4v) is 3.99. The first kappa shape index (κ1) is 22.1. The maximum absolute atomic E-state index is 12.9. The summed E-state index contributed by atoms with van der Waals surface area (Å²) in [5, 5.41) is 32.6. The molecule has 0 radical (unpaired) electrons. The number of carbonyl (C=O) groups excluding carboxylic acids is 1. The maximum atomic E-state index is 12.9. The summed E-state index contributed by atoms with van der Waals surface area (Å²) in [6.07, 6.45) is 4.28. The number of methoxy groups -OCH3 is 1. The number of carbonyl (C=O) groups is 1. The molecule has 2 aromatic carbocycles.